The van der Waals surface area contributed by atoms with E-state index in [2.05, 4.69) is 5.32 Å². The van der Waals surface area contributed by atoms with Gasteiger partial charge in [-0.05, 0) is 55.4 Å². The topological polar surface area (TPSA) is 49.3 Å². The summed E-state index contributed by atoms with van der Waals surface area (Å²) in [5.41, 5.74) is 1.09. The summed E-state index contributed by atoms with van der Waals surface area (Å²) < 4.78 is 13.2. The van der Waals surface area contributed by atoms with Crippen LogP contribution in [0.2, 0.25) is 0 Å². The number of carbonyl (C=O) groups is 1. The third kappa shape index (κ3) is 3.53. The highest BCUT2D eigenvalue weighted by atomic mass is 19.1. The summed E-state index contributed by atoms with van der Waals surface area (Å²) >= 11 is 0. The van der Waals surface area contributed by atoms with Crippen molar-refractivity contribution in [2.75, 3.05) is 13.2 Å². The summed E-state index contributed by atoms with van der Waals surface area (Å²) in [5.74, 6) is -0.0106. The highest BCUT2D eigenvalue weighted by Crippen LogP contribution is 2.30. The second-order valence-electron chi connectivity index (χ2n) is 5.36. The van der Waals surface area contributed by atoms with E-state index in [1.807, 2.05) is 0 Å². The molecule has 1 saturated carbocycles. The van der Waals surface area contributed by atoms with Crippen LogP contribution in [0.4, 0.5) is 4.39 Å². The Morgan fingerprint density at radius 1 is 1.37 bits per heavy atom. The summed E-state index contributed by atoms with van der Waals surface area (Å²) in [6, 6.07) is 4.33. The molecular formula is C15H20FNO2. The molecule has 2 unspecified atom stereocenters. The maximum Gasteiger partial charge on any atom is 0.251 e. The van der Waals surface area contributed by atoms with Crippen molar-refractivity contribution in [2.24, 2.45) is 11.8 Å². The summed E-state index contributed by atoms with van der Waals surface area (Å²) in [5, 5.41) is 12.1. The molecule has 0 bridgehead atoms. The molecule has 2 N–H and O–H groups in total. The number of aliphatic hydroxyl groups excluding tert-OH is 1. The maximum atomic E-state index is 13.2. The predicted molar refractivity (Wildman–Crippen MR) is 71.4 cm³/mol. The summed E-state index contributed by atoms with van der Waals surface area (Å²) in [6.45, 7) is 2.50. The van der Waals surface area contributed by atoms with Gasteiger partial charge in [-0.3, -0.25) is 4.79 Å². The van der Waals surface area contributed by atoms with Crippen LogP contribution in [-0.2, 0) is 0 Å². The third-order valence-electron chi connectivity index (χ3n) is 3.88. The first-order chi connectivity index (χ1) is 9.10. The van der Waals surface area contributed by atoms with Gasteiger partial charge in [-0.2, -0.15) is 0 Å². The van der Waals surface area contributed by atoms with Gasteiger partial charge >= 0.3 is 0 Å². The Kier molecular flexibility index (Phi) is 4.53. The van der Waals surface area contributed by atoms with Crippen molar-refractivity contribution in [3.05, 3.63) is 35.1 Å². The zero-order valence-corrected chi connectivity index (χ0v) is 11.2. The van der Waals surface area contributed by atoms with Crippen LogP contribution in [0.25, 0.3) is 0 Å². The largest absolute Gasteiger partial charge is 0.396 e. The van der Waals surface area contributed by atoms with Gasteiger partial charge in [-0.1, -0.05) is 6.42 Å². The smallest absolute Gasteiger partial charge is 0.251 e. The minimum absolute atomic E-state index is 0.180. The summed E-state index contributed by atoms with van der Waals surface area (Å²) in [6.07, 6.45) is 3.16. The molecule has 2 atom stereocenters. The van der Waals surface area contributed by atoms with Crippen LogP contribution < -0.4 is 5.32 Å². The van der Waals surface area contributed by atoms with Crippen molar-refractivity contribution >= 4 is 5.91 Å². The number of hydrogen-bond acceptors (Lipinski definition) is 2. The van der Waals surface area contributed by atoms with Gasteiger partial charge in [0, 0.05) is 18.7 Å². The van der Waals surface area contributed by atoms with Crippen LogP contribution in [0.3, 0.4) is 0 Å². The Balaban J connectivity index is 1.94. The minimum atomic E-state index is -0.390. The number of aliphatic hydroxyl groups is 1. The van der Waals surface area contributed by atoms with Gasteiger partial charge in [0.2, 0.25) is 0 Å². The number of benzene rings is 1. The molecule has 1 aromatic carbocycles. The highest BCUT2D eigenvalue weighted by Gasteiger charge is 2.26. The highest BCUT2D eigenvalue weighted by molar-refractivity contribution is 5.94. The molecule has 1 fully saturated rings. The van der Waals surface area contributed by atoms with E-state index < -0.39 is 0 Å². The summed E-state index contributed by atoms with van der Waals surface area (Å²) in [4.78, 5) is 12.0. The van der Waals surface area contributed by atoms with Gasteiger partial charge in [-0.15, -0.1) is 0 Å². The van der Waals surface area contributed by atoms with Crippen LogP contribution in [0.15, 0.2) is 18.2 Å². The first kappa shape index (κ1) is 14.0. The maximum absolute atomic E-state index is 13.2. The number of nitrogens with one attached hydrogen (secondary N) is 1. The van der Waals surface area contributed by atoms with Gasteiger partial charge in [0.25, 0.3) is 5.91 Å². The van der Waals surface area contributed by atoms with Gasteiger partial charge < -0.3 is 10.4 Å². The van der Waals surface area contributed by atoms with E-state index in [1.54, 1.807) is 13.0 Å². The van der Waals surface area contributed by atoms with E-state index in [4.69, 9.17) is 0 Å². The van der Waals surface area contributed by atoms with Crippen LogP contribution in [-0.4, -0.2) is 24.2 Å². The van der Waals surface area contributed by atoms with E-state index in [0.29, 0.717) is 18.0 Å². The minimum Gasteiger partial charge on any atom is -0.396 e. The molecule has 1 aliphatic rings. The Labute approximate surface area is 112 Å². The number of halogens is 1. The number of rotatable bonds is 4. The molecule has 2 rings (SSSR count). The number of carbonyl (C=O) groups excluding carboxylic acids is 1. The van der Waals surface area contributed by atoms with Crippen molar-refractivity contribution in [1.82, 2.24) is 5.32 Å². The molecule has 0 aromatic heterocycles. The quantitative estimate of drug-likeness (QED) is 0.877. The van der Waals surface area contributed by atoms with Crippen LogP contribution in [0.5, 0.6) is 0 Å². The van der Waals surface area contributed by atoms with Gasteiger partial charge in [0.1, 0.15) is 5.82 Å². The van der Waals surface area contributed by atoms with Gasteiger partial charge in [-0.25, -0.2) is 4.39 Å². The molecule has 0 heterocycles. The zero-order valence-electron chi connectivity index (χ0n) is 11.2. The van der Waals surface area contributed by atoms with Crippen molar-refractivity contribution in [1.29, 1.82) is 0 Å². The number of amides is 1. The van der Waals surface area contributed by atoms with Crippen LogP contribution in [0, 0.1) is 24.6 Å². The molecular weight excluding hydrogens is 245 g/mol. The zero-order chi connectivity index (χ0) is 13.8. The standard InChI is InChI=1S/C15H20FNO2/c1-10-5-13(7-14(16)6-10)15(19)17-8-11-3-2-4-12(11)9-18/h5-7,11-12,18H,2-4,8-9H2,1H3,(H,17,19). The fraction of sp³-hybridized carbons (Fsp3) is 0.533. The first-order valence-corrected chi connectivity index (χ1v) is 6.76. The Bertz CT molecular complexity index is 441. The average molecular weight is 265 g/mol. The predicted octanol–water partition coefficient (Wildman–Crippen LogP) is 2.27. The lowest BCUT2D eigenvalue weighted by Gasteiger charge is -2.17. The molecule has 1 aliphatic carbocycles. The fourth-order valence-electron chi connectivity index (χ4n) is 2.82. The Hall–Kier alpha value is -1.42. The number of aryl methyl sites for hydroxylation is 1. The molecule has 4 heteroatoms. The molecule has 0 radical (unpaired) electrons. The van der Waals surface area contributed by atoms with Crippen LogP contribution in [0.1, 0.15) is 35.2 Å². The Morgan fingerprint density at radius 2 is 2.11 bits per heavy atom. The lowest BCUT2D eigenvalue weighted by Crippen LogP contribution is -2.31. The van der Waals surface area contributed by atoms with Crippen molar-refractivity contribution in [3.8, 4) is 0 Å². The molecule has 19 heavy (non-hydrogen) atoms. The lowest BCUT2D eigenvalue weighted by atomic mass is 9.97. The fourth-order valence-corrected chi connectivity index (χ4v) is 2.82. The monoisotopic (exact) mass is 265 g/mol. The SMILES string of the molecule is Cc1cc(F)cc(C(=O)NCC2CCCC2CO)c1. The molecule has 0 spiro atoms. The average Bonchev–Trinajstić information content (AvgIpc) is 2.82. The van der Waals surface area contributed by atoms with E-state index in [1.165, 1.54) is 12.1 Å². The second kappa shape index (κ2) is 6.15. The molecule has 104 valence electrons. The second-order valence-corrected chi connectivity index (χ2v) is 5.36. The van der Waals surface area contributed by atoms with E-state index in [-0.39, 0.29) is 24.2 Å². The van der Waals surface area contributed by atoms with Gasteiger partial charge in [0.05, 0.1) is 0 Å². The molecule has 3 nitrogen and oxygen atoms in total. The normalized spacial score (nSPS) is 22.5. The Morgan fingerprint density at radius 3 is 2.79 bits per heavy atom. The van der Waals surface area contributed by atoms with E-state index in [9.17, 15) is 14.3 Å². The van der Waals surface area contributed by atoms with Crippen molar-refractivity contribution in [3.63, 3.8) is 0 Å². The third-order valence-corrected chi connectivity index (χ3v) is 3.88. The lowest BCUT2D eigenvalue weighted by molar-refractivity contribution is 0.0937. The first-order valence-electron chi connectivity index (χ1n) is 6.76. The number of hydrogen-bond donors (Lipinski definition) is 2. The van der Waals surface area contributed by atoms with Gasteiger partial charge in [0.15, 0.2) is 0 Å². The summed E-state index contributed by atoms with van der Waals surface area (Å²) in [7, 11) is 0. The van der Waals surface area contributed by atoms with Crippen molar-refractivity contribution in [2.45, 2.75) is 26.2 Å². The van der Waals surface area contributed by atoms with Crippen molar-refractivity contribution < 1.29 is 14.3 Å². The van der Waals surface area contributed by atoms with E-state index >= 15 is 0 Å². The molecule has 1 aromatic rings. The molecule has 0 aliphatic heterocycles. The van der Waals surface area contributed by atoms with Crippen LogP contribution >= 0.6 is 0 Å². The molecule has 1 amide bonds. The molecule has 0 saturated heterocycles. The van der Waals surface area contributed by atoms with E-state index in [0.717, 1.165) is 24.8 Å².